The normalized spacial score (nSPS) is 22.1. The summed E-state index contributed by atoms with van der Waals surface area (Å²) in [5.41, 5.74) is 0. The van der Waals surface area contributed by atoms with Gasteiger partial charge in [0.15, 0.2) is 0 Å². The van der Waals surface area contributed by atoms with E-state index in [9.17, 15) is 0 Å². The molecular formula is C13H24N+. The van der Waals surface area contributed by atoms with Crippen LogP contribution in [0.4, 0.5) is 0 Å². The number of quaternary nitrogens is 1. The van der Waals surface area contributed by atoms with Crippen LogP contribution in [-0.2, 0) is 0 Å². The zero-order valence-electron chi connectivity index (χ0n) is 9.71. The van der Waals surface area contributed by atoms with E-state index in [1.165, 1.54) is 32.4 Å². The second-order valence-corrected chi connectivity index (χ2v) is 4.20. The highest BCUT2D eigenvalue weighted by atomic mass is 15.3. The summed E-state index contributed by atoms with van der Waals surface area (Å²) in [6.45, 7) is 7.01. The van der Waals surface area contributed by atoms with Gasteiger partial charge in [-0.1, -0.05) is 13.8 Å². The second-order valence-electron chi connectivity index (χ2n) is 4.20. The molecular weight excluding hydrogens is 170 g/mol. The fourth-order valence-corrected chi connectivity index (χ4v) is 2.08. The molecule has 0 radical (unpaired) electrons. The number of likely N-dealkylation sites (tertiary alicyclic amines) is 1. The Morgan fingerprint density at radius 1 is 0.857 bits per heavy atom. The Labute approximate surface area is 88.7 Å². The first-order valence-electron chi connectivity index (χ1n) is 6.05. The van der Waals surface area contributed by atoms with Gasteiger partial charge in [0.2, 0.25) is 0 Å². The van der Waals surface area contributed by atoms with Crippen LogP contribution < -0.4 is 0 Å². The van der Waals surface area contributed by atoms with Crippen LogP contribution in [0.3, 0.4) is 0 Å². The van der Waals surface area contributed by atoms with Gasteiger partial charge in [0.1, 0.15) is 0 Å². The van der Waals surface area contributed by atoms with E-state index in [-0.39, 0.29) is 0 Å². The predicted octanol–water partition coefficient (Wildman–Crippen LogP) is 3.83. The molecule has 0 amide bonds. The molecule has 1 heteroatoms. The van der Waals surface area contributed by atoms with E-state index in [0.717, 1.165) is 17.3 Å². The summed E-state index contributed by atoms with van der Waals surface area (Å²) in [4.78, 5) is 0. The van der Waals surface area contributed by atoms with Gasteiger partial charge in [-0.3, -0.25) is 4.48 Å². The summed E-state index contributed by atoms with van der Waals surface area (Å²) in [5, 5.41) is 0. The lowest BCUT2D eigenvalue weighted by Gasteiger charge is -2.34. The second kappa shape index (κ2) is 6.02. The molecule has 0 saturated carbocycles. The molecule has 1 fully saturated rings. The fourth-order valence-electron chi connectivity index (χ4n) is 2.08. The molecule has 1 heterocycles. The molecule has 1 aliphatic rings. The summed E-state index contributed by atoms with van der Waals surface area (Å²) in [5.74, 6) is 0. The molecule has 0 aromatic carbocycles. The van der Waals surface area contributed by atoms with E-state index in [4.69, 9.17) is 0 Å². The lowest BCUT2D eigenvalue weighted by atomic mass is 10.1. The molecule has 1 rings (SSSR count). The third kappa shape index (κ3) is 3.30. The summed E-state index contributed by atoms with van der Waals surface area (Å²) < 4.78 is 1.10. The van der Waals surface area contributed by atoms with Crippen LogP contribution >= 0.6 is 0 Å². The van der Waals surface area contributed by atoms with Crippen LogP contribution in [0.5, 0.6) is 0 Å². The van der Waals surface area contributed by atoms with E-state index in [2.05, 4.69) is 38.4 Å². The maximum absolute atomic E-state index is 2.39. The van der Waals surface area contributed by atoms with E-state index in [1.54, 1.807) is 0 Å². The Hall–Kier alpha value is -0.560. The molecule has 1 saturated heterocycles. The number of rotatable bonds is 4. The van der Waals surface area contributed by atoms with Gasteiger partial charge in [0, 0.05) is 0 Å². The zero-order chi connectivity index (χ0) is 10.3. The minimum atomic E-state index is 1.10. The monoisotopic (exact) mass is 194 g/mol. The predicted molar refractivity (Wildman–Crippen MR) is 62.7 cm³/mol. The first-order valence-corrected chi connectivity index (χ1v) is 6.05. The average Bonchev–Trinajstić information content (AvgIpc) is 2.25. The Morgan fingerprint density at radius 2 is 1.36 bits per heavy atom. The van der Waals surface area contributed by atoms with Gasteiger partial charge < -0.3 is 0 Å². The van der Waals surface area contributed by atoms with Crippen LogP contribution in [0.1, 0.15) is 46.0 Å². The minimum absolute atomic E-state index is 1.10. The molecule has 0 aromatic heterocycles. The first-order chi connectivity index (χ1) is 6.83. The van der Waals surface area contributed by atoms with Gasteiger partial charge in [0.05, 0.1) is 25.5 Å². The molecule has 0 atom stereocenters. The van der Waals surface area contributed by atoms with Crippen LogP contribution in [-0.4, -0.2) is 17.6 Å². The van der Waals surface area contributed by atoms with Crippen molar-refractivity contribution in [3.05, 3.63) is 24.6 Å². The van der Waals surface area contributed by atoms with Gasteiger partial charge in [-0.15, -0.1) is 0 Å². The van der Waals surface area contributed by atoms with Crippen LogP contribution in [0, 0.1) is 0 Å². The lowest BCUT2D eigenvalue weighted by Crippen LogP contribution is -2.41. The molecule has 0 unspecified atom stereocenters. The van der Waals surface area contributed by atoms with Gasteiger partial charge in [-0.2, -0.15) is 0 Å². The molecule has 1 nitrogen and oxygen atoms in total. The third-order valence-corrected chi connectivity index (χ3v) is 2.92. The molecule has 0 aromatic rings. The van der Waals surface area contributed by atoms with Crippen LogP contribution in [0.25, 0.3) is 0 Å². The van der Waals surface area contributed by atoms with Gasteiger partial charge in [-0.05, 0) is 44.3 Å². The largest absolute Gasteiger partial charge is 0.272 e. The maximum Gasteiger partial charge on any atom is 0.0964 e. The highest BCUT2D eigenvalue weighted by Crippen LogP contribution is 2.21. The Kier molecular flexibility index (Phi) is 4.95. The quantitative estimate of drug-likeness (QED) is 0.597. The summed E-state index contributed by atoms with van der Waals surface area (Å²) in [6, 6.07) is 0. The first kappa shape index (κ1) is 11.5. The Balaban J connectivity index is 2.66. The van der Waals surface area contributed by atoms with Crippen LogP contribution in [0.15, 0.2) is 24.6 Å². The van der Waals surface area contributed by atoms with Gasteiger partial charge >= 0.3 is 0 Å². The van der Waals surface area contributed by atoms with Crippen molar-refractivity contribution in [2.24, 2.45) is 0 Å². The zero-order valence-corrected chi connectivity index (χ0v) is 9.71. The average molecular weight is 194 g/mol. The van der Waals surface area contributed by atoms with Crippen LogP contribution in [0.2, 0.25) is 0 Å². The molecule has 80 valence electrons. The highest BCUT2D eigenvalue weighted by molar-refractivity contribution is 4.82. The van der Waals surface area contributed by atoms with E-state index >= 15 is 0 Å². The lowest BCUT2D eigenvalue weighted by molar-refractivity contribution is -0.833. The van der Waals surface area contributed by atoms with Crippen molar-refractivity contribution < 1.29 is 4.48 Å². The standard InChI is InChI=1S/C13H24N/c1-3-5-10-14(11-6-4-2)12-8-7-9-13-14/h5-6,10-11H,3-4,7-9,12-13H2,1-2H3/q+1. The third-order valence-electron chi connectivity index (χ3n) is 2.92. The number of allylic oxidation sites excluding steroid dienone is 2. The van der Waals surface area contributed by atoms with Crippen molar-refractivity contribution in [1.82, 2.24) is 0 Å². The SMILES string of the molecule is CCC=C[N+]1(C=CCC)CCCCC1. The van der Waals surface area contributed by atoms with Crippen molar-refractivity contribution in [1.29, 1.82) is 0 Å². The van der Waals surface area contributed by atoms with Crippen molar-refractivity contribution in [2.45, 2.75) is 46.0 Å². The molecule has 0 N–H and O–H groups in total. The van der Waals surface area contributed by atoms with Crippen molar-refractivity contribution in [3.63, 3.8) is 0 Å². The fraction of sp³-hybridized carbons (Fsp3) is 0.692. The smallest absolute Gasteiger partial charge is 0.0964 e. The van der Waals surface area contributed by atoms with E-state index in [1.807, 2.05) is 0 Å². The van der Waals surface area contributed by atoms with Gasteiger partial charge in [-0.25, -0.2) is 0 Å². The maximum atomic E-state index is 2.39. The highest BCUT2D eigenvalue weighted by Gasteiger charge is 2.24. The molecule has 0 aliphatic carbocycles. The Morgan fingerprint density at radius 3 is 1.79 bits per heavy atom. The topological polar surface area (TPSA) is 0 Å². The number of hydrogen-bond donors (Lipinski definition) is 0. The number of nitrogens with zero attached hydrogens (tertiary/aromatic N) is 1. The van der Waals surface area contributed by atoms with E-state index < -0.39 is 0 Å². The van der Waals surface area contributed by atoms with Crippen molar-refractivity contribution in [3.8, 4) is 0 Å². The Bertz CT molecular complexity index is 181. The summed E-state index contributed by atoms with van der Waals surface area (Å²) in [6.07, 6.45) is 15.9. The number of hydrogen-bond acceptors (Lipinski definition) is 0. The van der Waals surface area contributed by atoms with E-state index in [0.29, 0.717) is 0 Å². The summed E-state index contributed by atoms with van der Waals surface area (Å²) in [7, 11) is 0. The minimum Gasteiger partial charge on any atom is -0.272 e. The molecule has 0 spiro atoms. The van der Waals surface area contributed by atoms with Gasteiger partial charge in [0.25, 0.3) is 0 Å². The molecule has 14 heavy (non-hydrogen) atoms. The number of piperidine rings is 1. The van der Waals surface area contributed by atoms with Crippen molar-refractivity contribution in [2.75, 3.05) is 13.1 Å². The molecule has 0 bridgehead atoms. The molecule has 1 aliphatic heterocycles. The van der Waals surface area contributed by atoms with Crippen molar-refractivity contribution >= 4 is 0 Å². The summed E-state index contributed by atoms with van der Waals surface area (Å²) >= 11 is 0.